The number of fused-ring (bicyclic) bond motifs is 1. The van der Waals surface area contributed by atoms with Crippen molar-refractivity contribution in [1.82, 2.24) is 13.6 Å². The molecule has 0 spiro atoms. The summed E-state index contributed by atoms with van der Waals surface area (Å²) in [6, 6.07) is 13.2. The topological polar surface area (TPSA) is 87.6 Å². The Morgan fingerprint density at radius 3 is 2.09 bits per heavy atom. The van der Waals surface area contributed by atoms with Gasteiger partial charge in [-0.15, -0.1) is 11.3 Å². The van der Waals surface area contributed by atoms with Gasteiger partial charge in [-0.1, -0.05) is 18.6 Å². The number of piperidine rings is 1. The van der Waals surface area contributed by atoms with Crippen LogP contribution in [0.15, 0.2) is 58.3 Å². The third kappa shape index (κ3) is 3.88. The Morgan fingerprint density at radius 1 is 0.781 bits per heavy atom. The number of rotatable bonds is 5. The lowest BCUT2D eigenvalue weighted by Gasteiger charge is -2.33. The van der Waals surface area contributed by atoms with Gasteiger partial charge in [0.2, 0.25) is 20.0 Å². The monoisotopic (exact) mass is 491 g/mol. The lowest BCUT2D eigenvalue weighted by Crippen LogP contribution is -2.38. The molecule has 5 rings (SSSR count). The van der Waals surface area contributed by atoms with Gasteiger partial charge in [-0.3, -0.25) is 0 Å². The molecule has 0 aliphatic carbocycles. The van der Waals surface area contributed by atoms with Gasteiger partial charge >= 0.3 is 0 Å². The molecule has 1 atom stereocenters. The van der Waals surface area contributed by atoms with E-state index in [2.05, 4.69) is 0 Å². The zero-order chi connectivity index (χ0) is 22.3. The van der Waals surface area contributed by atoms with Gasteiger partial charge in [0.1, 0.15) is 5.01 Å². The van der Waals surface area contributed by atoms with Crippen LogP contribution in [-0.2, 0) is 20.0 Å². The summed E-state index contributed by atoms with van der Waals surface area (Å²) in [5.74, 6) is 0. The maximum atomic E-state index is 13.5. The summed E-state index contributed by atoms with van der Waals surface area (Å²) >= 11 is 1.54. The van der Waals surface area contributed by atoms with Crippen molar-refractivity contribution in [3.63, 3.8) is 0 Å². The van der Waals surface area contributed by atoms with E-state index in [-0.39, 0.29) is 15.8 Å². The Hall–Kier alpha value is -1.85. The number of hydrogen-bond acceptors (Lipinski definition) is 6. The van der Waals surface area contributed by atoms with Crippen molar-refractivity contribution in [3.8, 4) is 0 Å². The van der Waals surface area contributed by atoms with Gasteiger partial charge in [-0.25, -0.2) is 21.8 Å². The Kier molecular flexibility index (Phi) is 5.83. The first-order chi connectivity index (χ1) is 15.4. The fourth-order valence-electron chi connectivity index (χ4n) is 4.47. The number of sulfonamides is 2. The molecule has 0 N–H and O–H groups in total. The Bertz CT molecular complexity index is 1300. The number of nitrogens with zero attached hydrogens (tertiary/aromatic N) is 3. The highest BCUT2D eigenvalue weighted by Gasteiger charge is 2.36. The average Bonchev–Trinajstić information content (AvgIpc) is 3.50. The minimum absolute atomic E-state index is 0.117. The van der Waals surface area contributed by atoms with Crippen molar-refractivity contribution < 1.29 is 16.8 Å². The van der Waals surface area contributed by atoms with Crippen LogP contribution >= 0.6 is 11.3 Å². The molecule has 2 aromatic carbocycles. The molecule has 7 nitrogen and oxygen atoms in total. The first-order valence-corrected chi connectivity index (χ1v) is 14.5. The molecule has 0 radical (unpaired) electrons. The molecule has 2 saturated heterocycles. The molecular formula is C22H25N3O4S3. The van der Waals surface area contributed by atoms with Gasteiger partial charge in [-0.05, 0) is 62.1 Å². The van der Waals surface area contributed by atoms with Crippen LogP contribution in [0.5, 0.6) is 0 Å². The number of thiazole rings is 1. The molecule has 3 aromatic rings. The molecular weight excluding hydrogens is 466 g/mol. The molecule has 10 heteroatoms. The second-order valence-corrected chi connectivity index (χ2v) is 13.1. The molecule has 0 amide bonds. The Morgan fingerprint density at radius 2 is 1.41 bits per heavy atom. The molecule has 32 heavy (non-hydrogen) atoms. The molecule has 2 aliphatic heterocycles. The number of para-hydroxylation sites is 1. The maximum absolute atomic E-state index is 13.5. The zero-order valence-electron chi connectivity index (χ0n) is 17.6. The molecule has 2 aliphatic rings. The zero-order valence-corrected chi connectivity index (χ0v) is 20.0. The summed E-state index contributed by atoms with van der Waals surface area (Å²) in [5, 5.41) is 0.808. The lowest BCUT2D eigenvalue weighted by molar-refractivity contribution is 0.255. The molecule has 0 bridgehead atoms. The summed E-state index contributed by atoms with van der Waals surface area (Å²) in [6.45, 7) is 1.46. The third-order valence-corrected chi connectivity index (χ3v) is 11.2. The van der Waals surface area contributed by atoms with Gasteiger partial charge in [0.25, 0.3) is 0 Å². The van der Waals surface area contributed by atoms with Crippen molar-refractivity contribution in [3.05, 3.63) is 53.5 Å². The summed E-state index contributed by atoms with van der Waals surface area (Å²) in [5.41, 5.74) is 0.881. The van der Waals surface area contributed by atoms with Gasteiger partial charge in [0.15, 0.2) is 0 Å². The van der Waals surface area contributed by atoms with Gasteiger partial charge in [0, 0.05) is 19.6 Å². The van der Waals surface area contributed by atoms with E-state index < -0.39 is 20.0 Å². The number of hydrogen-bond donors (Lipinski definition) is 0. The molecule has 170 valence electrons. The summed E-state index contributed by atoms with van der Waals surface area (Å²) in [4.78, 5) is 4.97. The standard InChI is InChI=1S/C22H25N3O4S3/c26-31(27,24-14-5-6-15-24)17-10-12-18(13-11-17)32(28,29)25-16-4-3-8-20(25)22-23-19-7-1-2-9-21(19)30-22/h1-2,7,9-13,20H,3-6,8,14-16H2/t20-/m0/s1. The normalized spacial score (nSPS) is 21.3. The second kappa shape index (κ2) is 8.49. The van der Waals surface area contributed by atoms with Crippen LogP contribution < -0.4 is 0 Å². The van der Waals surface area contributed by atoms with E-state index >= 15 is 0 Å². The van der Waals surface area contributed by atoms with E-state index in [1.807, 2.05) is 24.3 Å². The van der Waals surface area contributed by atoms with Gasteiger partial charge in [-0.2, -0.15) is 8.61 Å². The van der Waals surface area contributed by atoms with E-state index in [0.29, 0.717) is 19.6 Å². The first-order valence-electron chi connectivity index (χ1n) is 10.8. The predicted molar refractivity (Wildman–Crippen MR) is 125 cm³/mol. The van der Waals surface area contributed by atoms with Crippen molar-refractivity contribution in [2.24, 2.45) is 0 Å². The van der Waals surface area contributed by atoms with Gasteiger partial charge in [0.05, 0.1) is 26.0 Å². The fourth-order valence-corrected chi connectivity index (χ4v) is 8.83. The molecule has 0 saturated carbocycles. The Labute approximate surface area is 192 Å². The van der Waals surface area contributed by atoms with Crippen molar-refractivity contribution in [1.29, 1.82) is 0 Å². The first kappa shape index (κ1) is 22.0. The summed E-state index contributed by atoms with van der Waals surface area (Å²) in [6.07, 6.45) is 4.17. The fraction of sp³-hybridized carbons (Fsp3) is 0.409. The molecule has 3 heterocycles. The van der Waals surface area contributed by atoms with Crippen LogP contribution in [0.25, 0.3) is 10.2 Å². The van der Waals surface area contributed by atoms with Crippen LogP contribution in [0.4, 0.5) is 0 Å². The average molecular weight is 492 g/mol. The predicted octanol–water partition coefficient (Wildman–Crippen LogP) is 4.00. The SMILES string of the molecule is O=S(=O)(c1ccc(S(=O)(=O)N2CCCC[C@H]2c2nc3ccccc3s2)cc1)N1CCCC1. The highest BCUT2D eigenvalue weighted by atomic mass is 32.2. The lowest BCUT2D eigenvalue weighted by atomic mass is 10.1. The summed E-state index contributed by atoms with van der Waals surface area (Å²) in [7, 11) is -7.36. The van der Waals surface area contributed by atoms with E-state index in [0.717, 1.165) is 47.3 Å². The minimum Gasteiger partial charge on any atom is -0.239 e. The van der Waals surface area contributed by atoms with Crippen molar-refractivity contribution >= 4 is 41.6 Å². The van der Waals surface area contributed by atoms with Crippen LogP contribution in [0, 0.1) is 0 Å². The number of aromatic nitrogens is 1. The largest absolute Gasteiger partial charge is 0.243 e. The third-order valence-electron chi connectivity index (χ3n) is 6.18. The van der Waals surface area contributed by atoms with Crippen LogP contribution in [0.2, 0.25) is 0 Å². The number of benzene rings is 2. The minimum atomic E-state index is -3.79. The van der Waals surface area contributed by atoms with Crippen molar-refractivity contribution in [2.75, 3.05) is 19.6 Å². The van der Waals surface area contributed by atoms with Crippen LogP contribution in [0.3, 0.4) is 0 Å². The second-order valence-electron chi connectivity index (χ2n) is 8.23. The highest BCUT2D eigenvalue weighted by molar-refractivity contribution is 7.89. The van der Waals surface area contributed by atoms with E-state index in [4.69, 9.17) is 4.98 Å². The Balaban J connectivity index is 1.45. The quantitative estimate of drug-likeness (QED) is 0.538. The van der Waals surface area contributed by atoms with Gasteiger partial charge < -0.3 is 0 Å². The maximum Gasteiger partial charge on any atom is 0.243 e. The van der Waals surface area contributed by atoms with Crippen LogP contribution in [-0.4, -0.2) is 50.1 Å². The molecule has 1 aromatic heterocycles. The van der Waals surface area contributed by atoms with Crippen molar-refractivity contribution in [2.45, 2.75) is 47.9 Å². The van der Waals surface area contributed by atoms with E-state index in [9.17, 15) is 16.8 Å². The molecule has 0 unspecified atom stereocenters. The van der Waals surface area contributed by atoms with E-state index in [1.165, 1.54) is 44.2 Å². The highest BCUT2D eigenvalue weighted by Crippen LogP contribution is 2.38. The summed E-state index contributed by atoms with van der Waals surface area (Å²) < 4.78 is 56.7. The molecule has 2 fully saturated rings. The van der Waals surface area contributed by atoms with E-state index in [1.54, 1.807) is 0 Å². The van der Waals surface area contributed by atoms with Crippen LogP contribution in [0.1, 0.15) is 43.2 Å². The smallest absolute Gasteiger partial charge is 0.239 e.